The lowest BCUT2D eigenvalue weighted by molar-refractivity contribution is -0.142. The number of rotatable bonds is 3. The number of aromatic nitrogens is 2. The summed E-state index contributed by atoms with van der Waals surface area (Å²) in [6, 6.07) is 3.29. The van der Waals surface area contributed by atoms with E-state index < -0.39 is 23.4 Å². The molecule has 2 aromatic heterocycles. The van der Waals surface area contributed by atoms with Crippen LogP contribution in [0, 0.1) is 0 Å². The van der Waals surface area contributed by atoms with Crippen molar-refractivity contribution in [3.05, 3.63) is 35.9 Å². The summed E-state index contributed by atoms with van der Waals surface area (Å²) >= 11 is 0. The number of carbonyl (C=O) groups is 3. The Morgan fingerprint density at radius 3 is 1.68 bits per heavy atom. The van der Waals surface area contributed by atoms with E-state index in [1.165, 1.54) is 29.1 Å². The molecule has 4 rings (SSSR count). The number of hydrogen-bond acceptors (Lipinski definition) is 11. The molecule has 0 aliphatic carbocycles. The molecule has 0 radical (unpaired) electrons. The fourth-order valence-corrected chi connectivity index (χ4v) is 3.67. The number of pyridine rings is 2. The van der Waals surface area contributed by atoms with Crippen LogP contribution in [0.3, 0.4) is 0 Å². The Labute approximate surface area is 239 Å². The summed E-state index contributed by atoms with van der Waals surface area (Å²) in [5.41, 5.74) is 1.06. The summed E-state index contributed by atoms with van der Waals surface area (Å²) in [7, 11) is 0. The SMILES string of the molecule is CC(=O)OCc1cc2c(cn1)N(C(=O)OC(C)(C)C)CCO2.CC(C)(C)OC(=O)N1CCOc2cc(CO)ncc21. The molecule has 0 aromatic carbocycles. The second-order valence-corrected chi connectivity index (χ2v) is 11.2. The average Bonchev–Trinajstić information content (AvgIpc) is 2.89. The van der Waals surface area contributed by atoms with Crippen LogP contribution in [0.15, 0.2) is 24.5 Å². The largest absolute Gasteiger partial charge is 0.489 e. The molecular weight excluding hydrogens is 536 g/mol. The van der Waals surface area contributed by atoms with Crippen LogP contribution in [0.25, 0.3) is 0 Å². The molecule has 1 N–H and O–H groups in total. The topological polar surface area (TPSA) is 150 Å². The monoisotopic (exact) mass is 574 g/mol. The first-order valence-corrected chi connectivity index (χ1v) is 13.2. The fraction of sp³-hybridized carbons (Fsp3) is 0.536. The average molecular weight is 575 g/mol. The van der Waals surface area contributed by atoms with Crippen molar-refractivity contribution in [2.75, 3.05) is 36.1 Å². The number of carbonyl (C=O) groups excluding carboxylic acids is 3. The van der Waals surface area contributed by atoms with E-state index >= 15 is 0 Å². The van der Waals surface area contributed by atoms with Crippen molar-refractivity contribution in [1.29, 1.82) is 0 Å². The van der Waals surface area contributed by atoms with Crippen LogP contribution in [-0.2, 0) is 32.2 Å². The van der Waals surface area contributed by atoms with Crippen molar-refractivity contribution in [3.63, 3.8) is 0 Å². The van der Waals surface area contributed by atoms with E-state index in [1.54, 1.807) is 12.1 Å². The van der Waals surface area contributed by atoms with E-state index in [4.69, 9.17) is 28.8 Å². The number of aliphatic hydroxyl groups excluding tert-OH is 1. The third-order valence-corrected chi connectivity index (χ3v) is 5.35. The summed E-state index contributed by atoms with van der Waals surface area (Å²) in [5.74, 6) is 0.682. The smallest absolute Gasteiger partial charge is 0.415 e. The Morgan fingerprint density at radius 1 is 0.829 bits per heavy atom. The molecule has 0 bridgehead atoms. The lowest BCUT2D eigenvalue weighted by atomic mass is 10.2. The predicted octanol–water partition coefficient (Wildman–Crippen LogP) is 3.99. The Kier molecular flexibility index (Phi) is 9.97. The molecule has 0 atom stereocenters. The van der Waals surface area contributed by atoms with Gasteiger partial charge in [-0.05, 0) is 41.5 Å². The molecule has 2 aromatic rings. The van der Waals surface area contributed by atoms with Gasteiger partial charge in [0.05, 0.1) is 43.5 Å². The van der Waals surface area contributed by atoms with Crippen molar-refractivity contribution in [3.8, 4) is 11.5 Å². The van der Waals surface area contributed by atoms with Gasteiger partial charge in [0.2, 0.25) is 0 Å². The second-order valence-electron chi connectivity index (χ2n) is 11.2. The van der Waals surface area contributed by atoms with Gasteiger partial charge in [-0.1, -0.05) is 0 Å². The van der Waals surface area contributed by atoms with Gasteiger partial charge in [-0.15, -0.1) is 0 Å². The Balaban J connectivity index is 0.000000228. The van der Waals surface area contributed by atoms with Crippen LogP contribution in [0.5, 0.6) is 11.5 Å². The third kappa shape index (κ3) is 9.20. The van der Waals surface area contributed by atoms with E-state index in [0.717, 1.165) is 0 Å². The van der Waals surface area contributed by atoms with Crippen molar-refractivity contribution >= 4 is 29.5 Å². The second kappa shape index (κ2) is 13.0. The highest BCUT2D eigenvalue weighted by molar-refractivity contribution is 5.91. The normalized spacial score (nSPS) is 14.2. The summed E-state index contributed by atoms with van der Waals surface area (Å²) in [6.45, 7) is 13.7. The summed E-state index contributed by atoms with van der Waals surface area (Å²) in [4.78, 5) is 46.4. The lowest BCUT2D eigenvalue weighted by Gasteiger charge is -2.31. The fourth-order valence-electron chi connectivity index (χ4n) is 3.67. The minimum absolute atomic E-state index is 0.0679. The quantitative estimate of drug-likeness (QED) is 0.419. The molecule has 224 valence electrons. The Bertz CT molecular complexity index is 1250. The van der Waals surface area contributed by atoms with E-state index in [-0.39, 0.29) is 19.2 Å². The van der Waals surface area contributed by atoms with Crippen LogP contribution in [0.2, 0.25) is 0 Å². The Hall–Kier alpha value is -4.13. The van der Waals surface area contributed by atoms with Crippen molar-refractivity contribution < 1.29 is 43.2 Å². The zero-order valence-corrected chi connectivity index (χ0v) is 24.6. The number of nitrogens with zero attached hydrogens (tertiary/aromatic N) is 4. The maximum Gasteiger partial charge on any atom is 0.415 e. The number of anilines is 2. The van der Waals surface area contributed by atoms with E-state index in [0.29, 0.717) is 60.6 Å². The molecule has 41 heavy (non-hydrogen) atoms. The van der Waals surface area contributed by atoms with Gasteiger partial charge in [-0.2, -0.15) is 0 Å². The van der Waals surface area contributed by atoms with Crippen molar-refractivity contribution in [2.24, 2.45) is 0 Å². The molecular formula is C28H38N4O9. The maximum atomic E-state index is 12.2. The standard InChI is InChI=1S/C15H20N2O5.C13H18N2O4/c1-10(18)21-9-11-7-13-12(8-16-11)17(5-6-20-13)14(19)22-15(2,3)4;1-13(2,3)19-12(17)15-4-5-18-11-6-9(8-16)14-7-10(11)15/h7-8H,5-6,9H2,1-4H3;6-7,16H,4-5,8H2,1-3H3. The molecule has 13 nitrogen and oxygen atoms in total. The molecule has 13 heteroatoms. The molecule has 0 unspecified atom stereocenters. The van der Waals surface area contributed by atoms with Crippen molar-refractivity contribution in [1.82, 2.24) is 9.97 Å². The van der Waals surface area contributed by atoms with Gasteiger partial charge in [0.15, 0.2) is 0 Å². The first-order chi connectivity index (χ1) is 19.2. The van der Waals surface area contributed by atoms with Crippen LogP contribution in [0.4, 0.5) is 21.0 Å². The zero-order valence-electron chi connectivity index (χ0n) is 24.6. The summed E-state index contributed by atoms with van der Waals surface area (Å²) < 4.78 is 26.6. The van der Waals surface area contributed by atoms with E-state index in [9.17, 15) is 14.4 Å². The van der Waals surface area contributed by atoms with Crippen LogP contribution in [0.1, 0.15) is 59.9 Å². The van der Waals surface area contributed by atoms with Gasteiger partial charge in [0, 0.05) is 19.1 Å². The van der Waals surface area contributed by atoms with Crippen LogP contribution < -0.4 is 19.3 Å². The highest BCUT2D eigenvalue weighted by atomic mass is 16.6. The molecule has 0 fully saturated rings. The van der Waals surface area contributed by atoms with Gasteiger partial charge in [0.25, 0.3) is 0 Å². The zero-order chi connectivity index (χ0) is 30.4. The molecule has 2 aliphatic heterocycles. The molecule has 0 saturated heterocycles. The summed E-state index contributed by atoms with van der Waals surface area (Å²) in [6.07, 6.45) is 2.18. The lowest BCUT2D eigenvalue weighted by Crippen LogP contribution is -2.41. The van der Waals surface area contributed by atoms with Gasteiger partial charge in [-0.3, -0.25) is 24.6 Å². The van der Waals surface area contributed by atoms with Gasteiger partial charge in [-0.25, -0.2) is 9.59 Å². The van der Waals surface area contributed by atoms with Gasteiger partial charge >= 0.3 is 18.2 Å². The third-order valence-electron chi connectivity index (χ3n) is 5.35. The minimum Gasteiger partial charge on any atom is -0.489 e. The highest BCUT2D eigenvalue weighted by Crippen LogP contribution is 2.33. The van der Waals surface area contributed by atoms with Crippen LogP contribution >= 0.6 is 0 Å². The van der Waals surface area contributed by atoms with Gasteiger partial charge in [0.1, 0.15) is 53.9 Å². The number of ether oxygens (including phenoxy) is 5. The first kappa shape index (κ1) is 31.4. The van der Waals surface area contributed by atoms with E-state index in [1.807, 2.05) is 41.5 Å². The first-order valence-electron chi connectivity index (χ1n) is 13.2. The number of fused-ring (bicyclic) bond motifs is 2. The van der Waals surface area contributed by atoms with Gasteiger partial charge < -0.3 is 28.8 Å². The molecule has 0 spiro atoms. The van der Waals surface area contributed by atoms with Crippen molar-refractivity contribution in [2.45, 2.75) is 72.9 Å². The molecule has 2 amide bonds. The predicted molar refractivity (Wildman–Crippen MR) is 148 cm³/mol. The minimum atomic E-state index is -0.571. The Morgan fingerprint density at radius 2 is 1.27 bits per heavy atom. The molecule has 2 aliphatic rings. The molecule has 4 heterocycles. The number of aliphatic hydroxyl groups is 1. The maximum absolute atomic E-state index is 12.2. The van der Waals surface area contributed by atoms with Crippen LogP contribution in [-0.4, -0.2) is 70.7 Å². The highest BCUT2D eigenvalue weighted by Gasteiger charge is 2.30. The van der Waals surface area contributed by atoms with E-state index in [2.05, 4.69) is 9.97 Å². The number of hydrogen-bond donors (Lipinski definition) is 1. The number of esters is 1. The number of amides is 2. The summed E-state index contributed by atoms with van der Waals surface area (Å²) in [5, 5.41) is 9.04. The molecule has 0 saturated carbocycles.